The second-order valence-electron chi connectivity index (χ2n) is 6.13. The molecule has 4 N–H and O–H groups in total. The van der Waals surface area contributed by atoms with Crippen LogP contribution in [0.3, 0.4) is 0 Å². The van der Waals surface area contributed by atoms with E-state index in [1.165, 1.54) is 0 Å². The first-order valence-electron chi connectivity index (χ1n) is 8.51. The van der Waals surface area contributed by atoms with Crippen LogP contribution in [0.4, 0.5) is 0 Å². The van der Waals surface area contributed by atoms with Crippen molar-refractivity contribution in [2.24, 2.45) is 0 Å². The Morgan fingerprint density at radius 2 is 1.63 bits per heavy atom. The zero-order chi connectivity index (χ0) is 19.2. The van der Waals surface area contributed by atoms with Crippen molar-refractivity contribution in [2.45, 2.75) is 13.3 Å². The zero-order valence-corrected chi connectivity index (χ0v) is 14.8. The van der Waals surface area contributed by atoms with Crippen LogP contribution in [0.15, 0.2) is 54.7 Å². The maximum atomic E-state index is 12.1. The first kappa shape index (κ1) is 18.2. The van der Waals surface area contributed by atoms with Crippen molar-refractivity contribution in [3.8, 4) is 0 Å². The van der Waals surface area contributed by atoms with Gasteiger partial charge in [0.2, 0.25) is 5.91 Å². The number of aryl methyl sites for hydroxylation is 1. The molecule has 0 fully saturated rings. The van der Waals surface area contributed by atoms with E-state index in [4.69, 9.17) is 0 Å². The number of hydrogen-bond donors (Lipinski definition) is 4. The maximum Gasteiger partial charge on any atom is 0.257 e. The van der Waals surface area contributed by atoms with Crippen molar-refractivity contribution in [1.82, 2.24) is 21.2 Å². The molecule has 0 unspecified atom stereocenters. The lowest BCUT2D eigenvalue weighted by Crippen LogP contribution is -2.46. The molecule has 27 heavy (non-hydrogen) atoms. The summed E-state index contributed by atoms with van der Waals surface area (Å²) in [5, 5.41) is 3.49. The van der Waals surface area contributed by atoms with Gasteiger partial charge in [0, 0.05) is 22.7 Å². The van der Waals surface area contributed by atoms with Crippen molar-refractivity contribution in [2.75, 3.05) is 6.54 Å². The van der Waals surface area contributed by atoms with Crippen molar-refractivity contribution >= 4 is 28.6 Å². The van der Waals surface area contributed by atoms with E-state index in [0.29, 0.717) is 5.56 Å². The van der Waals surface area contributed by atoms with E-state index in [2.05, 4.69) is 21.2 Å². The van der Waals surface area contributed by atoms with Gasteiger partial charge < -0.3 is 10.3 Å². The largest absolute Gasteiger partial charge is 0.361 e. The predicted octanol–water partition coefficient (Wildman–Crippen LogP) is 1.60. The van der Waals surface area contributed by atoms with Crippen molar-refractivity contribution in [3.05, 3.63) is 71.4 Å². The number of fused-ring (bicyclic) bond motifs is 1. The standard InChI is InChI=1S/C20H20N4O3/c1-13-6-2-3-7-15(13)20(27)22-12-19(26)24-23-18(25)10-14-11-21-17-9-5-4-8-16(14)17/h2-9,11,21H,10,12H2,1H3,(H,22,27)(H,23,25)(H,24,26). The van der Waals surface area contributed by atoms with Crippen molar-refractivity contribution in [1.29, 1.82) is 0 Å². The Kier molecular flexibility index (Phi) is 5.51. The van der Waals surface area contributed by atoms with Gasteiger partial charge in [-0.2, -0.15) is 0 Å². The van der Waals surface area contributed by atoms with Gasteiger partial charge in [-0.05, 0) is 30.2 Å². The zero-order valence-electron chi connectivity index (χ0n) is 14.8. The van der Waals surface area contributed by atoms with Gasteiger partial charge in [-0.1, -0.05) is 36.4 Å². The van der Waals surface area contributed by atoms with Gasteiger partial charge in [-0.3, -0.25) is 25.2 Å². The molecular weight excluding hydrogens is 344 g/mol. The van der Waals surface area contributed by atoms with Crippen LogP contribution in [0.25, 0.3) is 10.9 Å². The highest BCUT2D eigenvalue weighted by Gasteiger charge is 2.12. The molecule has 3 amide bonds. The molecular formula is C20H20N4O3. The molecule has 7 heteroatoms. The van der Waals surface area contributed by atoms with Crippen LogP contribution in [0, 0.1) is 6.92 Å². The first-order valence-corrected chi connectivity index (χ1v) is 8.51. The van der Waals surface area contributed by atoms with E-state index in [-0.39, 0.29) is 24.8 Å². The second kappa shape index (κ2) is 8.18. The summed E-state index contributed by atoms with van der Waals surface area (Å²) in [6, 6.07) is 14.8. The average Bonchev–Trinajstić information content (AvgIpc) is 3.08. The van der Waals surface area contributed by atoms with E-state index < -0.39 is 5.91 Å². The molecule has 7 nitrogen and oxygen atoms in total. The van der Waals surface area contributed by atoms with E-state index in [0.717, 1.165) is 22.0 Å². The Morgan fingerprint density at radius 3 is 2.44 bits per heavy atom. The summed E-state index contributed by atoms with van der Waals surface area (Å²) in [6.07, 6.45) is 1.90. The van der Waals surface area contributed by atoms with Crippen LogP contribution in [0.2, 0.25) is 0 Å². The number of hydrogen-bond acceptors (Lipinski definition) is 3. The molecule has 0 aliphatic carbocycles. The second-order valence-corrected chi connectivity index (χ2v) is 6.13. The molecule has 1 aromatic heterocycles. The number of hydrazine groups is 1. The summed E-state index contributed by atoms with van der Waals surface area (Å²) in [5.41, 5.74) is 7.77. The lowest BCUT2D eigenvalue weighted by Gasteiger charge is -2.09. The van der Waals surface area contributed by atoms with Crippen LogP contribution < -0.4 is 16.2 Å². The Bertz CT molecular complexity index is 994. The number of rotatable bonds is 5. The van der Waals surface area contributed by atoms with Gasteiger partial charge in [0.15, 0.2) is 0 Å². The SMILES string of the molecule is Cc1ccccc1C(=O)NCC(=O)NNC(=O)Cc1c[nH]c2ccccc12. The van der Waals surface area contributed by atoms with Crippen LogP contribution in [-0.2, 0) is 16.0 Å². The van der Waals surface area contributed by atoms with Crippen molar-refractivity contribution in [3.63, 3.8) is 0 Å². The highest BCUT2D eigenvalue weighted by atomic mass is 16.2. The molecule has 0 aliphatic rings. The summed E-state index contributed by atoms with van der Waals surface area (Å²) < 4.78 is 0. The number of amides is 3. The smallest absolute Gasteiger partial charge is 0.257 e. The Morgan fingerprint density at radius 1 is 0.926 bits per heavy atom. The number of carbonyl (C=O) groups excluding carboxylic acids is 3. The molecule has 0 aliphatic heterocycles. The highest BCUT2D eigenvalue weighted by Crippen LogP contribution is 2.17. The van der Waals surface area contributed by atoms with Gasteiger partial charge in [0.25, 0.3) is 11.8 Å². The Labute approximate surface area is 156 Å². The molecule has 2 aromatic carbocycles. The van der Waals surface area contributed by atoms with E-state index in [9.17, 15) is 14.4 Å². The van der Waals surface area contributed by atoms with E-state index in [1.807, 2.05) is 43.3 Å². The fraction of sp³-hybridized carbons (Fsp3) is 0.150. The number of carbonyl (C=O) groups is 3. The fourth-order valence-electron chi connectivity index (χ4n) is 2.76. The maximum absolute atomic E-state index is 12.1. The predicted molar refractivity (Wildman–Crippen MR) is 102 cm³/mol. The van der Waals surface area contributed by atoms with Crippen molar-refractivity contribution < 1.29 is 14.4 Å². The summed E-state index contributed by atoms with van der Waals surface area (Å²) in [6.45, 7) is 1.58. The van der Waals surface area contributed by atoms with Gasteiger partial charge in [-0.15, -0.1) is 0 Å². The molecule has 0 radical (unpaired) electrons. The molecule has 0 atom stereocenters. The Hall–Kier alpha value is -3.61. The van der Waals surface area contributed by atoms with Gasteiger partial charge in [0.1, 0.15) is 0 Å². The minimum Gasteiger partial charge on any atom is -0.361 e. The summed E-state index contributed by atoms with van der Waals surface area (Å²) in [4.78, 5) is 39.0. The van der Waals surface area contributed by atoms with Crippen LogP contribution in [0.1, 0.15) is 21.5 Å². The molecule has 0 spiro atoms. The quantitative estimate of drug-likeness (QED) is 0.517. The third-order valence-corrected chi connectivity index (χ3v) is 4.17. The minimum absolute atomic E-state index is 0.125. The fourth-order valence-corrected chi connectivity index (χ4v) is 2.76. The average molecular weight is 364 g/mol. The number of benzene rings is 2. The number of aromatic amines is 1. The van der Waals surface area contributed by atoms with Gasteiger partial charge in [0.05, 0.1) is 13.0 Å². The topological polar surface area (TPSA) is 103 Å². The third-order valence-electron chi connectivity index (χ3n) is 4.17. The highest BCUT2D eigenvalue weighted by molar-refractivity contribution is 5.97. The number of H-pyrrole nitrogens is 1. The van der Waals surface area contributed by atoms with E-state index >= 15 is 0 Å². The molecule has 1 heterocycles. The number of para-hydroxylation sites is 1. The molecule has 3 aromatic rings. The molecule has 0 bridgehead atoms. The summed E-state index contributed by atoms with van der Waals surface area (Å²) in [5.74, 6) is -1.20. The number of aromatic nitrogens is 1. The van der Waals surface area contributed by atoms with E-state index in [1.54, 1.807) is 18.3 Å². The summed E-state index contributed by atoms with van der Waals surface area (Å²) >= 11 is 0. The first-order chi connectivity index (χ1) is 13.0. The Balaban J connectivity index is 1.45. The monoisotopic (exact) mass is 364 g/mol. The molecule has 0 saturated carbocycles. The third kappa shape index (κ3) is 4.52. The molecule has 138 valence electrons. The summed E-state index contributed by atoms with van der Waals surface area (Å²) in [7, 11) is 0. The number of nitrogens with one attached hydrogen (secondary N) is 4. The lowest BCUT2D eigenvalue weighted by atomic mass is 10.1. The van der Waals surface area contributed by atoms with Gasteiger partial charge in [-0.25, -0.2) is 0 Å². The van der Waals surface area contributed by atoms with Crippen LogP contribution >= 0.6 is 0 Å². The molecule has 3 rings (SSSR count). The molecule has 0 saturated heterocycles. The minimum atomic E-state index is -0.510. The van der Waals surface area contributed by atoms with Crippen LogP contribution in [-0.4, -0.2) is 29.3 Å². The van der Waals surface area contributed by atoms with Crippen LogP contribution in [0.5, 0.6) is 0 Å². The normalized spacial score (nSPS) is 10.4. The lowest BCUT2D eigenvalue weighted by molar-refractivity contribution is -0.128. The van der Waals surface area contributed by atoms with Gasteiger partial charge >= 0.3 is 0 Å².